The van der Waals surface area contributed by atoms with Gasteiger partial charge in [-0.1, -0.05) is 6.42 Å². The summed E-state index contributed by atoms with van der Waals surface area (Å²) >= 11 is 5.08. The van der Waals surface area contributed by atoms with E-state index in [-0.39, 0.29) is 6.02 Å². The normalized spacial score (nSPS) is 21.7. The van der Waals surface area contributed by atoms with Crippen LogP contribution in [0.5, 0.6) is 0 Å². The molecule has 1 aliphatic heterocycles. The van der Waals surface area contributed by atoms with Crippen LogP contribution in [0, 0.1) is 0 Å². The summed E-state index contributed by atoms with van der Waals surface area (Å²) in [5, 5.41) is 1.78. The molecule has 2 N–H and O–H groups in total. The molecule has 0 aromatic carbocycles. The van der Waals surface area contributed by atoms with Crippen LogP contribution in [-0.2, 0) is 4.84 Å². The Labute approximate surface area is 71.0 Å². The van der Waals surface area contributed by atoms with Crippen LogP contribution in [0.4, 0.5) is 0 Å². The second-order valence-corrected chi connectivity index (χ2v) is 2.67. The Hall–Kier alpha value is -0.480. The number of hydrogen-bond acceptors (Lipinski definition) is 3. The Morgan fingerprint density at radius 1 is 1.36 bits per heavy atom. The Morgan fingerprint density at radius 2 is 2.00 bits per heavy atom. The number of amidine groups is 1. The predicted octanol–water partition coefficient (Wildman–Crippen LogP) is 0.872. The molecule has 1 heterocycles. The van der Waals surface area contributed by atoms with Crippen molar-refractivity contribution in [3.8, 4) is 0 Å². The van der Waals surface area contributed by atoms with Gasteiger partial charge in [0.15, 0.2) is 0 Å². The number of hydrogen-bond donors (Lipinski definition) is 1. The molecule has 1 rings (SSSR count). The SMILES string of the molecule is N/C(=N\Cl)ON1CCCCC1. The van der Waals surface area contributed by atoms with Crippen molar-refractivity contribution in [2.75, 3.05) is 13.1 Å². The van der Waals surface area contributed by atoms with Crippen molar-refractivity contribution in [2.24, 2.45) is 10.2 Å². The number of nitrogens with two attached hydrogens (primary N) is 1. The van der Waals surface area contributed by atoms with E-state index in [0.29, 0.717) is 0 Å². The molecular formula is C6H12ClN3O. The summed E-state index contributed by atoms with van der Waals surface area (Å²) in [5.74, 6) is 0. The molecule has 0 bridgehead atoms. The second kappa shape index (κ2) is 4.41. The van der Waals surface area contributed by atoms with Gasteiger partial charge in [0.25, 0.3) is 0 Å². The zero-order valence-corrected chi connectivity index (χ0v) is 7.05. The second-order valence-electron chi connectivity index (χ2n) is 2.50. The lowest BCUT2D eigenvalue weighted by Gasteiger charge is -2.24. The van der Waals surface area contributed by atoms with Crippen molar-refractivity contribution in [3.63, 3.8) is 0 Å². The summed E-state index contributed by atoms with van der Waals surface area (Å²) in [6.45, 7) is 1.82. The zero-order valence-electron chi connectivity index (χ0n) is 6.29. The first-order chi connectivity index (χ1) is 5.33. The Bertz CT molecular complexity index is 145. The molecule has 0 atom stereocenters. The highest BCUT2D eigenvalue weighted by Gasteiger charge is 2.11. The van der Waals surface area contributed by atoms with Gasteiger partial charge in [-0.25, -0.2) is 0 Å². The van der Waals surface area contributed by atoms with E-state index in [1.165, 1.54) is 6.42 Å². The lowest BCUT2D eigenvalue weighted by Crippen LogP contribution is -2.34. The molecule has 0 aliphatic carbocycles. The lowest BCUT2D eigenvalue weighted by atomic mass is 10.2. The van der Waals surface area contributed by atoms with E-state index in [0.717, 1.165) is 25.9 Å². The highest BCUT2D eigenvalue weighted by Crippen LogP contribution is 2.08. The maximum absolute atomic E-state index is 5.26. The molecule has 0 unspecified atom stereocenters. The van der Waals surface area contributed by atoms with Gasteiger partial charge in [0.05, 0.1) is 0 Å². The number of hydroxylamine groups is 2. The van der Waals surface area contributed by atoms with E-state index >= 15 is 0 Å². The number of nitrogens with zero attached hydrogens (tertiary/aromatic N) is 2. The Balaban J connectivity index is 2.24. The molecule has 5 heteroatoms. The molecule has 4 nitrogen and oxygen atoms in total. The van der Waals surface area contributed by atoms with Gasteiger partial charge in [0.1, 0.15) is 0 Å². The molecule has 1 saturated heterocycles. The fraction of sp³-hybridized carbons (Fsp3) is 0.833. The van der Waals surface area contributed by atoms with E-state index in [4.69, 9.17) is 22.3 Å². The number of halogens is 1. The summed E-state index contributed by atoms with van der Waals surface area (Å²) in [6.07, 6.45) is 3.56. The summed E-state index contributed by atoms with van der Waals surface area (Å²) < 4.78 is 3.19. The highest BCUT2D eigenvalue weighted by atomic mass is 35.5. The van der Waals surface area contributed by atoms with Crippen molar-refractivity contribution in [1.29, 1.82) is 0 Å². The molecule has 0 radical (unpaired) electrons. The minimum atomic E-state index is 0.0218. The van der Waals surface area contributed by atoms with Crippen LogP contribution < -0.4 is 5.73 Å². The average molecular weight is 178 g/mol. The van der Waals surface area contributed by atoms with Crippen molar-refractivity contribution < 1.29 is 4.84 Å². The van der Waals surface area contributed by atoms with E-state index in [2.05, 4.69) is 4.51 Å². The zero-order chi connectivity index (χ0) is 8.10. The molecule has 1 aliphatic rings. The molecule has 0 saturated carbocycles. The molecule has 0 aromatic heterocycles. The van der Waals surface area contributed by atoms with E-state index in [1.807, 2.05) is 0 Å². The van der Waals surface area contributed by atoms with Gasteiger partial charge in [0.2, 0.25) is 0 Å². The molecule has 1 fully saturated rings. The van der Waals surface area contributed by atoms with Gasteiger partial charge in [0, 0.05) is 24.9 Å². The summed E-state index contributed by atoms with van der Waals surface area (Å²) in [4.78, 5) is 5.07. The third kappa shape index (κ3) is 2.95. The third-order valence-electron chi connectivity index (χ3n) is 1.62. The fourth-order valence-corrected chi connectivity index (χ4v) is 1.13. The minimum Gasteiger partial charge on any atom is -0.367 e. The Kier molecular flexibility index (Phi) is 3.45. The van der Waals surface area contributed by atoms with Crippen LogP contribution >= 0.6 is 11.8 Å². The van der Waals surface area contributed by atoms with Crippen molar-refractivity contribution in [3.05, 3.63) is 0 Å². The van der Waals surface area contributed by atoms with Crippen LogP contribution in [-0.4, -0.2) is 24.2 Å². The lowest BCUT2D eigenvalue weighted by molar-refractivity contribution is -0.0871. The van der Waals surface area contributed by atoms with Crippen LogP contribution in [0.1, 0.15) is 19.3 Å². The van der Waals surface area contributed by atoms with E-state index in [9.17, 15) is 0 Å². The fourth-order valence-electron chi connectivity index (χ4n) is 1.10. The van der Waals surface area contributed by atoms with Crippen LogP contribution in [0.3, 0.4) is 0 Å². The topological polar surface area (TPSA) is 50.9 Å². The number of rotatable bonds is 1. The van der Waals surface area contributed by atoms with Gasteiger partial charge in [-0.3, -0.25) is 0 Å². The van der Waals surface area contributed by atoms with Gasteiger partial charge >= 0.3 is 6.02 Å². The van der Waals surface area contributed by atoms with Gasteiger partial charge < -0.3 is 10.6 Å². The quantitative estimate of drug-likeness (QED) is 0.478. The smallest absolute Gasteiger partial charge is 0.319 e. The maximum atomic E-state index is 5.26. The van der Waals surface area contributed by atoms with E-state index in [1.54, 1.807) is 5.06 Å². The molecule has 0 amide bonds. The summed E-state index contributed by atoms with van der Waals surface area (Å²) in [7, 11) is 0. The van der Waals surface area contributed by atoms with Gasteiger partial charge in [-0.2, -0.15) is 0 Å². The molecule has 11 heavy (non-hydrogen) atoms. The van der Waals surface area contributed by atoms with Crippen LogP contribution in [0.25, 0.3) is 0 Å². The van der Waals surface area contributed by atoms with Crippen LogP contribution in [0.2, 0.25) is 0 Å². The first-order valence-corrected chi connectivity index (χ1v) is 4.04. The standard InChI is InChI=1S/C6H12ClN3O/c7-9-6(8)11-10-4-2-1-3-5-10/h1-5H2,(H2,8,9). The number of piperidine rings is 1. The third-order valence-corrected chi connectivity index (χ3v) is 1.79. The van der Waals surface area contributed by atoms with E-state index < -0.39 is 0 Å². The van der Waals surface area contributed by atoms with Crippen molar-refractivity contribution >= 4 is 17.8 Å². The van der Waals surface area contributed by atoms with Crippen LogP contribution in [0.15, 0.2) is 4.51 Å². The monoisotopic (exact) mass is 177 g/mol. The summed E-state index contributed by atoms with van der Waals surface area (Å²) in [6, 6.07) is 0.0218. The highest BCUT2D eigenvalue weighted by molar-refractivity contribution is 6.18. The minimum absolute atomic E-state index is 0.0218. The van der Waals surface area contributed by atoms with Gasteiger partial charge in [-0.15, -0.1) is 9.57 Å². The predicted molar refractivity (Wildman–Crippen MR) is 44.0 cm³/mol. The molecule has 64 valence electrons. The summed E-state index contributed by atoms with van der Waals surface area (Å²) in [5.41, 5.74) is 5.26. The largest absolute Gasteiger partial charge is 0.367 e. The molecule has 0 aromatic rings. The van der Waals surface area contributed by atoms with Crippen molar-refractivity contribution in [1.82, 2.24) is 5.06 Å². The average Bonchev–Trinajstić information content (AvgIpc) is 2.06. The molecular weight excluding hydrogens is 166 g/mol. The van der Waals surface area contributed by atoms with Crippen molar-refractivity contribution in [2.45, 2.75) is 19.3 Å². The first kappa shape index (κ1) is 8.62. The molecule has 0 spiro atoms. The van der Waals surface area contributed by atoms with Gasteiger partial charge in [-0.05, 0) is 12.8 Å². The first-order valence-electron chi connectivity index (χ1n) is 3.70. The Morgan fingerprint density at radius 3 is 2.55 bits per heavy atom. The maximum Gasteiger partial charge on any atom is 0.319 e.